The van der Waals surface area contributed by atoms with E-state index in [-0.39, 0.29) is 5.41 Å². The van der Waals surface area contributed by atoms with Gasteiger partial charge in [-0.1, -0.05) is 27.2 Å². The molecule has 3 nitrogen and oxygen atoms in total. The molecule has 0 radical (unpaired) electrons. The zero-order valence-corrected chi connectivity index (χ0v) is 14.1. The molecule has 1 aromatic heterocycles. The SMILES string of the molecule is CCn1ncc(Br)c1C(C)(C)C1CCC(C)CC1N. The number of hydrogen-bond acceptors (Lipinski definition) is 2. The van der Waals surface area contributed by atoms with Crippen LogP contribution in [0, 0.1) is 11.8 Å². The Morgan fingerprint density at radius 1 is 1.47 bits per heavy atom. The molecular formula is C15H26BrN3. The molecule has 0 aromatic carbocycles. The van der Waals surface area contributed by atoms with E-state index in [2.05, 4.69) is 53.4 Å². The predicted octanol–water partition coefficient (Wildman–Crippen LogP) is 3.71. The maximum atomic E-state index is 6.46. The molecule has 1 heterocycles. The first-order valence-electron chi connectivity index (χ1n) is 7.35. The van der Waals surface area contributed by atoms with E-state index in [1.165, 1.54) is 18.5 Å². The van der Waals surface area contributed by atoms with Crippen molar-refractivity contribution in [3.63, 3.8) is 0 Å². The molecule has 0 aliphatic heterocycles. The van der Waals surface area contributed by atoms with Crippen LogP contribution in [0.5, 0.6) is 0 Å². The minimum absolute atomic E-state index is 0.0604. The largest absolute Gasteiger partial charge is 0.327 e. The van der Waals surface area contributed by atoms with Gasteiger partial charge in [-0.25, -0.2) is 0 Å². The molecule has 2 rings (SSSR count). The molecule has 0 bridgehead atoms. The highest BCUT2D eigenvalue weighted by Crippen LogP contribution is 2.43. The summed E-state index contributed by atoms with van der Waals surface area (Å²) in [7, 11) is 0. The van der Waals surface area contributed by atoms with Crippen molar-refractivity contribution in [3.8, 4) is 0 Å². The maximum absolute atomic E-state index is 6.46. The number of nitrogens with zero attached hydrogens (tertiary/aromatic N) is 2. The summed E-state index contributed by atoms with van der Waals surface area (Å²) in [6, 6.07) is 0.297. The first-order chi connectivity index (χ1) is 8.87. The monoisotopic (exact) mass is 327 g/mol. The first kappa shape index (κ1) is 15.0. The highest BCUT2D eigenvalue weighted by atomic mass is 79.9. The molecule has 4 heteroatoms. The summed E-state index contributed by atoms with van der Waals surface area (Å²) in [5.74, 6) is 1.29. The Kier molecular flexibility index (Phi) is 4.41. The summed E-state index contributed by atoms with van der Waals surface area (Å²) >= 11 is 3.67. The van der Waals surface area contributed by atoms with Crippen LogP contribution in [0.15, 0.2) is 10.7 Å². The van der Waals surface area contributed by atoms with E-state index in [1.54, 1.807) is 0 Å². The highest BCUT2D eigenvalue weighted by Gasteiger charge is 2.41. The second-order valence-electron chi connectivity index (χ2n) is 6.57. The zero-order chi connectivity index (χ0) is 14.2. The molecule has 0 amide bonds. The molecule has 1 fully saturated rings. The second-order valence-corrected chi connectivity index (χ2v) is 7.42. The first-order valence-corrected chi connectivity index (χ1v) is 8.14. The molecule has 1 aromatic rings. The third-order valence-electron chi connectivity index (χ3n) is 4.79. The fraction of sp³-hybridized carbons (Fsp3) is 0.800. The summed E-state index contributed by atoms with van der Waals surface area (Å²) in [6.45, 7) is 10.0. The molecule has 108 valence electrons. The van der Waals surface area contributed by atoms with Gasteiger partial charge in [-0.05, 0) is 47.5 Å². The smallest absolute Gasteiger partial charge is 0.0635 e. The Labute approximate surface area is 125 Å². The van der Waals surface area contributed by atoms with Crippen LogP contribution in [0.2, 0.25) is 0 Å². The van der Waals surface area contributed by atoms with Crippen LogP contribution in [0.25, 0.3) is 0 Å². The summed E-state index contributed by atoms with van der Waals surface area (Å²) in [5.41, 5.74) is 7.81. The topological polar surface area (TPSA) is 43.8 Å². The van der Waals surface area contributed by atoms with Crippen molar-refractivity contribution in [1.82, 2.24) is 9.78 Å². The van der Waals surface area contributed by atoms with Gasteiger partial charge in [0.15, 0.2) is 0 Å². The number of hydrogen-bond donors (Lipinski definition) is 1. The minimum atomic E-state index is 0.0604. The molecule has 3 atom stereocenters. The molecule has 3 unspecified atom stereocenters. The highest BCUT2D eigenvalue weighted by molar-refractivity contribution is 9.10. The fourth-order valence-electron chi connectivity index (χ4n) is 3.74. The number of nitrogens with two attached hydrogens (primary N) is 1. The van der Waals surface area contributed by atoms with Gasteiger partial charge in [0.1, 0.15) is 0 Å². The van der Waals surface area contributed by atoms with Crippen LogP contribution in [-0.4, -0.2) is 15.8 Å². The fourth-order valence-corrected chi connectivity index (χ4v) is 4.55. The Morgan fingerprint density at radius 3 is 2.74 bits per heavy atom. The number of halogens is 1. The van der Waals surface area contributed by atoms with Crippen LogP contribution in [-0.2, 0) is 12.0 Å². The van der Waals surface area contributed by atoms with E-state index in [0.29, 0.717) is 12.0 Å². The Hall–Kier alpha value is -0.350. The molecular weight excluding hydrogens is 302 g/mol. The average molecular weight is 328 g/mol. The third-order valence-corrected chi connectivity index (χ3v) is 5.37. The van der Waals surface area contributed by atoms with Crippen LogP contribution in [0.3, 0.4) is 0 Å². The summed E-state index contributed by atoms with van der Waals surface area (Å²) in [5, 5.41) is 4.46. The van der Waals surface area contributed by atoms with E-state index >= 15 is 0 Å². The van der Waals surface area contributed by atoms with Crippen molar-refractivity contribution in [2.24, 2.45) is 17.6 Å². The number of rotatable bonds is 3. The Balaban J connectivity index is 2.33. The van der Waals surface area contributed by atoms with Gasteiger partial charge in [-0.3, -0.25) is 4.68 Å². The van der Waals surface area contributed by atoms with E-state index in [4.69, 9.17) is 5.73 Å². The van der Waals surface area contributed by atoms with Gasteiger partial charge in [-0.2, -0.15) is 5.10 Å². The quantitative estimate of drug-likeness (QED) is 0.919. The van der Waals surface area contributed by atoms with E-state index in [9.17, 15) is 0 Å². The number of aromatic nitrogens is 2. The maximum Gasteiger partial charge on any atom is 0.0635 e. The molecule has 19 heavy (non-hydrogen) atoms. The summed E-state index contributed by atoms with van der Waals surface area (Å²) < 4.78 is 3.22. The lowest BCUT2D eigenvalue weighted by molar-refractivity contribution is 0.163. The third kappa shape index (κ3) is 2.75. The average Bonchev–Trinajstić information content (AvgIpc) is 2.70. The van der Waals surface area contributed by atoms with Crippen LogP contribution in [0.1, 0.15) is 52.7 Å². The predicted molar refractivity (Wildman–Crippen MR) is 83.1 cm³/mol. The van der Waals surface area contributed by atoms with Gasteiger partial charge in [0.2, 0.25) is 0 Å². The summed E-state index contributed by atoms with van der Waals surface area (Å²) in [6.07, 6.45) is 5.57. The lowest BCUT2D eigenvalue weighted by atomic mass is 9.65. The zero-order valence-electron chi connectivity index (χ0n) is 12.5. The van der Waals surface area contributed by atoms with Crippen molar-refractivity contribution in [1.29, 1.82) is 0 Å². The van der Waals surface area contributed by atoms with Crippen LogP contribution < -0.4 is 5.73 Å². The van der Waals surface area contributed by atoms with Crippen LogP contribution in [0.4, 0.5) is 0 Å². The Bertz CT molecular complexity index is 439. The molecule has 1 aliphatic carbocycles. The molecule has 1 aliphatic rings. The van der Waals surface area contributed by atoms with E-state index in [1.807, 2.05) is 6.20 Å². The van der Waals surface area contributed by atoms with Crippen molar-refractivity contribution in [3.05, 3.63) is 16.4 Å². The van der Waals surface area contributed by atoms with Crippen molar-refractivity contribution < 1.29 is 0 Å². The molecule has 0 saturated heterocycles. The van der Waals surface area contributed by atoms with Crippen molar-refractivity contribution in [2.75, 3.05) is 0 Å². The molecule has 0 spiro atoms. The van der Waals surface area contributed by atoms with E-state index in [0.717, 1.165) is 23.4 Å². The van der Waals surface area contributed by atoms with Gasteiger partial charge in [0.05, 0.1) is 16.4 Å². The van der Waals surface area contributed by atoms with Gasteiger partial charge in [0, 0.05) is 18.0 Å². The van der Waals surface area contributed by atoms with Gasteiger partial charge in [-0.15, -0.1) is 0 Å². The molecule has 1 saturated carbocycles. The minimum Gasteiger partial charge on any atom is -0.327 e. The van der Waals surface area contributed by atoms with E-state index < -0.39 is 0 Å². The second kappa shape index (κ2) is 5.57. The standard InChI is InChI=1S/C15H26BrN3/c1-5-19-14(12(16)9-18-19)15(3,4)11-7-6-10(2)8-13(11)17/h9-11,13H,5-8,17H2,1-4H3. The lowest BCUT2D eigenvalue weighted by Crippen LogP contribution is -2.46. The number of aryl methyl sites for hydroxylation is 1. The van der Waals surface area contributed by atoms with Crippen LogP contribution >= 0.6 is 15.9 Å². The normalized spacial score (nSPS) is 28.6. The van der Waals surface area contributed by atoms with Gasteiger partial charge >= 0.3 is 0 Å². The van der Waals surface area contributed by atoms with Gasteiger partial charge < -0.3 is 5.73 Å². The Morgan fingerprint density at radius 2 is 2.16 bits per heavy atom. The molecule has 2 N–H and O–H groups in total. The van der Waals surface area contributed by atoms with Crippen molar-refractivity contribution in [2.45, 2.75) is 65.0 Å². The lowest BCUT2D eigenvalue weighted by Gasteiger charge is -2.43. The summed E-state index contributed by atoms with van der Waals surface area (Å²) in [4.78, 5) is 0. The van der Waals surface area contributed by atoms with Gasteiger partial charge in [0.25, 0.3) is 0 Å². The van der Waals surface area contributed by atoms with Crippen molar-refractivity contribution >= 4 is 15.9 Å².